The highest BCUT2D eigenvalue weighted by Crippen LogP contribution is 2.32. The molecule has 0 aromatic heterocycles. The zero-order chi connectivity index (χ0) is 19.7. The Bertz CT molecular complexity index is 1100. The summed E-state index contributed by atoms with van der Waals surface area (Å²) in [6.07, 6.45) is 0. The van der Waals surface area contributed by atoms with Crippen molar-refractivity contribution < 1.29 is 9.59 Å². The average molecular weight is 392 g/mol. The molecular weight excluding hydrogens is 374 g/mol. The summed E-state index contributed by atoms with van der Waals surface area (Å²) in [4.78, 5) is 25.3. The summed E-state index contributed by atoms with van der Waals surface area (Å²) in [5.74, 6) is -0.287. The van der Waals surface area contributed by atoms with Crippen LogP contribution in [0.3, 0.4) is 0 Å². The van der Waals surface area contributed by atoms with Gasteiger partial charge in [0.25, 0.3) is 5.91 Å². The molecule has 0 spiro atoms. The fourth-order valence-corrected chi connectivity index (χ4v) is 3.59. The third kappa shape index (κ3) is 3.44. The number of halogens is 1. The zero-order valence-electron chi connectivity index (χ0n) is 15.1. The molecule has 0 saturated carbocycles. The quantitative estimate of drug-likeness (QED) is 0.602. The predicted octanol–water partition coefficient (Wildman–Crippen LogP) is 4.76. The summed E-state index contributed by atoms with van der Waals surface area (Å²) >= 11 is 5.92. The fourth-order valence-electron chi connectivity index (χ4n) is 3.46. The van der Waals surface area contributed by atoms with E-state index < -0.39 is 6.04 Å². The van der Waals surface area contributed by atoms with Gasteiger partial charge in [0.05, 0.1) is 11.6 Å². The van der Waals surface area contributed by atoms with Crippen LogP contribution in [0, 0.1) is 0 Å². The second-order valence-corrected chi connectivity index (χ2v) is 7.04. The van der Waals surface area contributed by atoms with Crippen LogP contribution in [0.25, 0.3) is 10.8 Å². The third-order valence-electron chi connectivity index (χ3n) is 4.75. The molecule has 28 heavy (non-hydrogen) atoms. The van der Waals surface area contributed by atoms with Gasteiger partial charge in [-0.3, -0.25) is 4.79 Å². The van der Waals surface area contributed by atoms with E-state index in [-0.39, 0.29) is 11.9 Å². The molecule has 3 N–H and O–H groups in total. The van der Waals surface area contributed by atoms with Crippen LogP contribution in [0.4, 0.5) is 10.5 Å². The molecule has 6 heteroatoms. The van der Waals surface area contributed by atoms with Crippen molar-refractivity contribution in [3.8, 4) is 0 Å². The van der Waals surface area contributed by atoms with Gasteiger partial charge in [-0.2, -0.15) is 0 Å². The maximum absolute atomic E-state index is 13.1. The second-order valence-electron chi connectivity index (χ2n) is 6.60. The number of carbonyl (C=O) groups excluding carboxylic acids is 2. The van der Waals surface area contributed by atoms with Gasteiger partial charge in [-0.25, -0.2) is 4.79 Å². The van der Waals surface area contributed by atoms with Gasteiger partial charge in [0.1, 0.15) is 0 Å². The van der Waals surface area contributed by atoms with E-state index in [1.54, 1.807) is 31.2 Å². The molecule has 1 aliphatic heterocycles. The van der Waals surface area contributed by atoms with Crippen LogP contribution in [0.1, 0.15) is 18.5 Å². The first-order valence-corrected chi connectivity index (χ1v) is 9.23. The fraction of sp³-hybridized carbons (Fsp3) is 0.0909. The lowest BCUT2D eigenvalue weighted by atomic mass is 9.91. The van der Waals surface area contributed by atoms with Gasteiger partial charge in [0, 0.05) is 16.4 Å². The van der Waals surface area contributed by atoms with Crippen molar-refractivity contribution in [1.82, 2.24) is 10.6 Å². The van der Waals surface area contributed by atoms with E-state index in [0.717, 1.165) is 16.3 Å². The van der Waals surface area contributed by atoms with E-state index in [1.165, 1.54) is 0 Å². The van der Waals surface area contributed by atoms with Gasteiger partial charge >= 0.3 is 6.03 Å². The van der Waals surface area contributed by atoms with Crippen LogP contribution in [0.5, 0.6) is 0 Å². The number of carbonyl (C=O) groups is 2. The maximum Gasteiger partial charge on any atom is 0.319 e. The van der Waals surface area contributed by atoms with Crippen molar-refractivity contribution in [2.45, 2.75) is 13.0 Å². The molecule has 3 aromatic carbocycles. The normalized spacial score (nSPS) is 16.5. The van der Waals surface area contributed by atoms with Crippen molar-refractivity contribution >= 4 is 40.0 Å². The van der Waals surface area contributed by atoms with Crippen LogP contribution in [0.2, 0.25) is 5.02 Å². The van der Waals surface area contributed by atoms with E-state index >= 15 is 0 Å². The molecule has 3 amide bonds. The average Bonchev–Trinajstić information content (AvgIpc) is 2.68. The largest absolute Gasteiger partial charge is 0.327 e. The van der Waals surface area contributed by atoms with Crippen molar-refractivity contribution in [1.29, 1.82) is 0 Å². The summed E-state index contributed by atoms with van der Waals surface area (Å²) in [6, 6.07) is 19.8. The number of hydrogen-bond donors (Lipinski definition) is 3. The van der Waals surface area contributed by atoms with Crippen molar-refractivity contribution in [3.05, 3.63) is 88.6 Å². The van der Waals surface area contributed by atoms with Crippen LogP contribution >= 0.6 is 11.6 Å². The van der Waals surface area contributed by atoms with Crippen molar-refractivity contribution in [2.75, 3.05) is 5.32 Å². The molecule has 0 radical (unpaired) electrons. The number of amides is 3. The molecule has 1 aliphatic rings. The third-order valence-corrected chi connectivity index (χ3v) is 5.00. The van der Waals surface area contributed by atoms with Gasteiger partial charge in [-0.05, 0) is 47.5 Å². The summed E-state index contributed by atoms with van der Waals surface area (Å²) in [7, 11) is 0. The molecule has 0 fully saturated rings. The number of allylic oxidation sites excluding steroid dienone is 1. The monoisotopic (exact) mass is 391 g/mol. The van der Waals surface area contributed by atoms with E-state index in [4.69, 9.17) is 11.6 Å². The molecule has 1 heterocycles. The molecule has 0 saturated heterocycles. The SMILES string of the molecule is CC1=C(C(=O)Nc2ccc(Cl)cc2)[C@@H](c2cccc3ccccc23)NC(=O)N1. The molecule has 5 nitrogen and oxygen atoms in total. The lowest BCUT2D eigenvalue weighted by Gasteiger charge is -2.29. The highest BCUT2D eigenvalue weighted by atomic mass is 35.5. The highest BCUT2D eigenvalue weighted by Gasteiger charge is 2.32. The Morgan fingerprint density at radius 3 is 2.50 bits per heavy atom. The molecule has 1 atom stereocenters. The molecule has 0 unspecified atom stereocenters. The first-order valence-electron chi connectivity index (χ1n) is 8.86. The minimum absolute atomic E-state index is 0.287. The summed E-state index contributed by atoms with van der Waals surface area (Å²) in [6.45, 7) is 1.73. The zero-order valence-corrected chi connectivity index (χ0v) is 15.9. The first-order chi connectivity index (χ1) is 13.5. The van der Waals surface area contributed by atoms with Gasteiger partial charge in [0.15, 0.2) is 0 Å². The molecule has 3 aromatic rings. The van der Waals surface area contributed by atoms with E-state index in [2.05, 4.69) is 16.0 Å². The number of anilines is 1. The van der Waals surface area contributed by atoms with Gasteiger partial charge in [-0.15, -0.1) is 0 Å². The summed E-state index contributed by atoms with van der Waals surface area (Å²) < 4.78 is 0. The molecular formula is C22H18ClN3O2. The number of hydrogen-bond acceptors (Lipinski definition) is 2. The molecule has 0 bridgehead atoms. The van der Waals surface area contributed by atoms with E-state index in [1.807, 2.05) is 42.5 Å². The Hall–Kier alpha value is -3.31. The van der Waals surface area contributed by atoms with Gasteiger partial charge in [-0.1, -0.05) is 54.1 Å². The van der Waals surface area contributed by atoms with Gasteiger partial charge < -0.3 is 16.0 Å². The minimum atomic E-state index is -0.563. The topological polar surface area (TPSA) is 70.2 Å². The number of nitrogens with one attached hydrogen (secondary N) is 3. The van der Waals surface area contributed by atoms with Gasteiger partial charge in [0.2, 0.25) is 0 Å². The summed E-state index contributed by atoms with van der Waals surface area (Å²) in [5, 5.41) is 11.1. The van der Waals surface area contributed by atoms with Crippen LogP contribution in [-0.4, -0.2) is 11.9 Å². The predicted molar refractivity (Wildman–Crippen MR) is 111 cm³/mol. The first kappa shape index (κ1) is 18.1. The number of benzene rings is 3. The van der Waals surface area contributed by atoms with Crippen molar-refractivity contribution in [2.24, 2.45) is 0 Å². The molecule has 140 valence electrons. The maximum atomic E-state index is 13.1. The number of urea groups is 1. The Labute approximate surface area is 167 Å². The minimum Gasteiger partial charge on any atom is -0.327 e. The van der Waals surface area contributed by atoms with E-state index in [9.17, 15) is 9.59 Å². The Balaban J connectivity index is 1.76. The lowest BCUT2D eigenvalue weighted by molar-refractivity contribution is -0.113. The standard InChI is InChI=1S/C22H18ClN3O2/c1-13-19(21(27)25-16-11-9-15(23)10-12-16)20(26-22(28)24-13)18-8-4-6-14-5-2-3-7-17(14)18/h2-12,20H,1H3,(H,25,27)(H2,24,26,28)/t20-/m1/s1. The van der Waals surface area contributed by atoms with Crippen molar-refractivity contribution in [3.63, 3.8) is 0 Å². The van der Waals surface area contributed by atoms with Crippen LogP contribution < -0.4 is 16.0 Å². The number of rotatable bonds is 3. The highest BCUT2D eigenvalue weighted by molar-refractivity contribution is 6.30. The molecule has 0 aliphatic carbocycles. The Morgan fingerprint density at radius 2 is 1.71 bits per heavy atom. The van der Waals surface area contributed by atoms with E-state index in [0.29, 0.717) is 22.0 Å². The van der Waals surface area contributed by atoms with Crippen LogP contribution in [0.15, 0.2) is 78.0 Å². The second kappa shape index (κ2) is 7.37. The Kier molecular flexibility index (Phi) is 4.75. The molecule has 4 rings (SSSR count). The summed E-state index contributed by atoms with van der Waals surface area (Å²) in [5.41, 5.74) is 2.48. The van der Waals surface area contributed by atoms with Crippen LogP contribution in [-0.2, 0) is 4.79 Å². The number of fused-ring (bicyclic) bond motifs is 1. The lowest BCUT2D eigenvalue weighted by Crippen LogP contribution is -2.46. The smallest absolute Gasteiger partial charge is 0.319 e. The Morgan fingerprint density at radius 1 is 1.00 bits per heavy atom.